The molecule has 3 heterocycles. The molecule has 0 aliphatic heterocycles. The zero-order chi connectivity index (χ0) is 32.6. The molecule has 0 aliphatic rings. The van der Waals surface area contributed by atoms with E-state index in [1.165, 1.54) is 32.0 Å². The molecule has 0 atom stereocenters. The van der Waals surface area contributed by atoms with Crippen molar-refractivity contribution < 1.29 is 47.7 Å². The van der Waals surface area contributed by atoms with Gasteiger partial charge in [0, 0.05) is 0 Å². The van der Waals surface area contributed by atoms with Crippen LogP contribution in [0.2, 0.25) is 0 Å². The smallest absolute Gasteiger partial charge is 0.348 e. The van der Waals surface area contributed by atoms with Crippen LogP contribution in [0.5, 0.6) is 0 Å². The van der Waals surface area contributed by atoms with Gasteiger partial charge in [0.2, 0.25) is 0 Å². The van der Waals surface area contributed by atoms with Gasteiger partial charge in [0.15, 0.2) is 0 Å². The van der Waals surface area contributed by atoms with Crippen molar-refractivity contribution in [2.45, 2.75) is 41.5 Å². The van der Waals surface area contributed by atoms with Gasteiger partial charge in [0.05, 0.1) is 37.6 Å². The average molecular weight is 646 g/mol. The first kappa shape index (κ1) is 33.9. The fraction of sp³-hybridized carbons (Fsp3) is 0.345. The summed E-state index contributed by atoms with van der Waals surface area (Å²) in [7, 11) is 0. The van der Waals surface area contributed by atoms with Gasteiger partial charge in [-0.15, -0.1) is 22.7 Å². The van der Waals surface area contributed by atoms with Crippen LogP contribution in [0.4, 0.5) is 10.0 Å². The Hall–Kier alpha value is -4.63. The van der Waals surface area contributed by atoms with Gasteiger partial charge in [-0.25, -0.2) is 24.2 Å². The molecule has 15 heteroatoms. The van der Waals surface area contributed by atoms with Crippen molar-refractivity contribution in [3.05, 3.63) is 61.6 Å². The molecule has 0 spiro atoms. The van der Waals surface area contributed by atoms with Crippen LogP contribution >= 0.6 is 22.7 Å². The van der Waals surface area contributed by atoms with Crippen LogP contribution in [0.3, 0.4) is 0 Å². The monoisotopic (exact) mass is 645 g/mol. The molecule has 0 unspecified atom stereocenters. The Kier molecular flexibility index (Phi) is 11.7. The minimum Gasteiger partial charge on any atom is -0.462 e. The van der Waals surface area contributed by atoms with E-state index in [-0.39, 0.29) is 79.8 Å². The van der Waals surface area contributed by atoms with Crippen LogP contribution in [-0.4, -0.2) is 67.1 Å². The van der Waals surface area contributed by atoms with Crippen molar-refractivity contribution in [3.8, 4) is 0 Å². The topological polar surface area (TPSA) is 176 Å². The predicted octanol–water partition coefficient (Wildman–Crippen LogP) is 5.03. The third-order valence-electron chi connectivity index (χ3n) is 5.84. The highest BCUT2D eigenvalue weighted by atomic mass is 32.1. The van der Waals surface area contributed by atoms with E-state index in [2.05, 4.69) is 15.6 Å². The van der Waals surface area contributed by atoms with Gasteiger partial charge in [-0.1, -0.05) is 6.07 Å². The molecule has 0 saturated heterocycles. The van der Waals surface area contributed by atoms with Crippen LogP contribution in [0.15, 0.2) is 18.2 Å². The maximum absolute atomic E-state index is 13.2. The summed E-state index contributed by atoms with van der Waals surface area (Å²) in [6, 6.07) is 4.12. The Morgan fingerprint density at radius 1 is 0.614 bits per heavy atom. The van der Waals surface area contributed by atoms with Crippen molar-refractivity contribution >= 4 is 68.4 Å². The number of hydrogen-bond donors (Lipinski definition) is 2. The lowest BCUT2D eigenvalue weighted by atomic mass is 10.1. The van der Waals surface area contributed by atoms with Gasteiger partial charge < -0.3 is 29.6 Å². The number of nitrogens with one attached hydrogen (secondary N) is 2. The number of esters is 4. The number of amides is 2. The summed E-state index contributed by atoms with van der Waals surface area (Å²) < 4.78 is 20.4. The normalized spacial score (nSPS) is 10.5. The molecule has 2 N–H and O–H groups in total. The van der Waals surface area contributed by atoms with Gasteiger partial charge >= 0.3 is 23.9 Å². The lowest BCUT2D eigenvalue weighted by Crippen LogP contribution is -2.20. The van der Waals surface area contributed by atoms with E-state index < -0.39 is 35.7 Å². The minimum absolute atomic E-state index is 0.000820. The number of nitrogens with zero attached hydrogens (tertiary/aromatic N) is 1. The average Bonchev–Trinajstić information content (AvgIpc) is 3.49. The number of thiophene rings is 2. The second-order valence-electron chi connectivity index (χ2n) is 8.72. The molecule has 234 valence electrons. The maximum Gasteiger partial charge on any atom is 0.348 e. The van der Waals surface area contributed by atoms with E-state index in [9.17, 15) is 28.8 Å². The zero-order valence-electron chi connectivity index (χ0n) is 24.9. The van der Waals surface area contributed by atoms with Crippen molar-refractivity contribution in [2.75, 3.05) is 37.1 Å². The molecule has 3 rings (SSSR count). The molecular weight excluding hydrogens is 614 g/mol. The summed E-state index contributed by atoms with van der Waals surface area (Å²) in [6.07, 6.45) is 0. The summed E-state index contributed by atoms with van der Waals surface area (Å²) in [5, 5.41) is 5.25. The van der Waals surface area contributed by atoms with Crippen molar-refractivity contribution in [1.82, 2.24) is 4.98 Å². The third-order valence-corrected chi connectivity index (χ3v) is 8.22. The van der Waals surface area contributed by atoms with Crippen LogP contribution in [-0.2, 0) is 18.9 Å². The quantitative estimate of drug-likeness (QED) is 0.199. The number of carbonyl (C=O) groups is 6. The first-order chi connectivity index (χ1) is 21.0. The lowest BCUT2D eigenvalue weighted by Gasteiger charge is -2.09. The highest BCUT2D eigenvalue weighted by Gasteiger charge is 2.29. The largest absolute Gasteiger partial charge is 0.462 e. The minimum atomic E-state index is -0.773. The second kappa shape index (κ2) is 15.2. The second-order valence-corrected chi connectivity index (χ2v) is 10.8. The summed E-state index contributed by atoms with van der Waals surface area (Å²) in [5.74, 6) is -4.33. The highest BCUT2D eigenvalue weighted by Crippen LogP contribution is 2.36. The number of rotatable bonds is 12. The van der Waals surface area contributed by atoms with E-state index in [1.54, 1.807) is 27.7 Å². The number of anilines is 2. The van der Waals surface area contributed by atoms with E-state index in [0.717, 1.165) is 22.7 Å². The Labute approximate surface area is 260 Å². The summed E-state index contributed by atoms with van der Waals surface area (Å²) >= 11 is 1.69. The number of pyridine rings is 1. The number of hydrogen-bond acceptors (Lipinski definition) is 13. The van der Waals surface area contributed by atoms with Crippen molar-refractivity contribution in [2.24, 2.45) is 0 Å². The fourth-order valence-electron chi connectivity index (χ4n) is 3.91. The van der Waals surface area contributed by atoms with Gasteiger partial charge in [-0.3, -0.25) is 9.59 Å². The van der Waals surface area contributed by atoms with Gasteiger partial charge in [-0.2, -0.15) is 0 Å². The molecule has 0 aliphatic carbocycles. The number of ether oxygens (including phenoxy) is 4. The van der Waals surface area contributed by atoms with Crippen LogP contribution in [0.1, 0.15) is 99.9 Å². The van der Waals surface area contributed by atoms with E-state index >= 15 is 0 Å². The molecular formula is C29H31N3O10S2. The van der Waals surface area contributed by atoms with Gasteiger partial charge in [-0.05, 0) is 64.8 Å². The van der Waals surface area contributed by atoms with E-state index in [0.29, 0.717) is 0 Å². The fourth-order valence-corrected chi connectivity index (χ4v) is 6.07. The predicted molar refractivity (Wildman–Crippen MR) is 162 cm³/mol. The first-order valence-electron chi connectivity index (χ1n) is 13.5. The Balaban J connectivity index is 1.92. The van der Waals surface area contributed by atoms with E-state index in [1.807, 2.05) is 0 Å². The molecule has 0 fully saturated rings. The van der Waals surface area contributed by atoms with Gasteiger partial charge in [0.1, 0.15) is 31.1 Å². The Morgan fingerprint density at radius 3 is 1.30 bits per heavy atom. The van der Waals surface area contributed by atoms with Crippen LogP contribution in [0, 0.1) is 13.8 Å². The molecule has 13 nitrogen and oxygen atoms in total. The maximum atomic E-state index is 13.2. The SMILES string of the molecule is CCOC(=O)c1sc(NC(=O)c2cccc(C(=O)Nc3sc(C(=O)OCC)c(C)c3C(=O)OCC)n2)c(C(=O)OCC)c1C. The first-order valence-corrected chi connectivity index (χ1v) is 15.2. The molecule has 3 aromatic rings. The molecule has 0 radical (unpaired) electrons. The molecule has 2 amide bonds. The molecule has 0 aromatic carbocycles. The third kappa shape index (κ3) is 7.47. The van der Waals surface area contributed by atoms with Crippen molar-refractivity contribution in [1.29, 1.82) is 0 Å². The standard InChI is InChI=1S/C29H31N3O10S2/c1-7-39-26(35)18-14(5)20(28(37)41-9-3)43-24(18)31-22(33)16-12-11-13-17(30-16)23(34)32-25-19(27(36)40-8-2)15(6)21(44-25)29(38)42-10-4/h11-13H,7-10H2,1-6H3,(H,31,33)(H,32,34). The summed E-state index contributed by atoms with van der Waals surface area (Å²) in [4.78, 5) is 81.1. The van der Waals surface area contributed by atoms with Gasteiger partial charge in [0.25, 0.3) is 11.8 Å². The van der Waals surface area contributed by atoms with Crippen LogP contribution in [0.25, 0.3) is 0 Å². The summed E-state index contributed by atoms with van der Waals surface area (Å²) in [6.45, 7) is 9.96. The summed E-state index contributed by atoms with van der Waals surface area (Å²) in [5.41, 5.74) is 0.203. The Morgan fingerprint density at radius 2 is 0.955 bits per heavy atom. The molecule has 0 saturated carbocycles. The van der Waals surface area contributed by atoms with E-state index in [4.69, 9.17) is 18.9 Å². The lowest BCUT2D eigenvalue weighted by molar-refractivity contribution is 0.0510. The molecule has 3 aromatic heterocycles. The highest BCUT2D eigenvalue weighted by molar-refractivity contribution is 7.19. The zero-order valence-corrected chi connectivity index (χ0v) is 26.5. The molecule has 44 heavy (non-hydrogen) atoms. The number of carbonyl (C=O) groups excluding carboxylic acids is 6. The van der Waals surface area contributed by atoms with Crippen molar-refractivity contribution in [3.63, 3.8) is 0 Å². The number of aromatic nitrogens is 1. The molecule has 0 bridgehead atoms. The Bertz CT molecular complexity index is 1490. The van der Waals surface area contributed by atoms with Crippen LogP contribution < -0.4 is 10.6 Å².